The van der Waals surface area contributed by atoms with Crippen LogP contribution in [0.4, 0.5) is 4.79 Å². The van der Waals surface area contributed by atoms with Gasteiger partial charge in [0.05, 0.1) is 6.61 Å². The smallest absolute Gasteiger partial charge is 0.347 e. The van der Waals surface area contributed by atoms with Gasteiger partial charge < -0.3 is 4.74 Å². The van der Waals surface area contributed by atoms with Crippen LogP contribution in [0, 0.1) is 0 Å². The predicted octanol–water partition coefficient (Wildman–Crippen LogP) is 3.10. The van der Waals surface area contributed by atoms with Crippen molar-refractivity contribution in [3.63, 3.8) is 0 Å². The summed E-state index contributed by atoms with van der Waals surface area (Å²) in [6.07, 6.45) is 0. The number of benzene rings is 2. The van der Waals surface area contributed by atoms with Crippen molar-refractivity contribution < 1.29 is 23.9 Å². The van der Waals surface area contributed by atoms with Gasteiger partial charge in [-0.2, -0.15) is 0 Å². The number of imide groups is 1. The molecule has 3 amide bonds. The number of Topliss-reactive ketones (excluding diaryl/α,β-unsaturated/α-hetero) is 1. The quantitative estimate of drug-likeness (QED) is 0.218. The van der Waals surface area contributed by atoms with Crippen LogP contribution < -0.4 is 0 Å². The molecule has 0 radical (unpaired) electrons. The standard InChI is InChI=1S/C23H19ClN2O5/c1-2-31-21(29)23-17(15-9-5-3-6-10-15)18(19(27)16-11-7-4-8-12-16)26(23)22(30)25(14-13-24)20(23)28/h3-12H,2,13-14H2,1H3. The van der Waals surface area contributed by atoms with Crippen molar-refractivity contribution in [2.24, 2.45) is 0 Å². The number of alkyl halides is 1. The molecule has 31 heavy (non-hydrogen) atoms. The zero-order valence-electron chi connectivity index (χ0n) is 16.7. The van der Waals surface area contributed by atoms with Crippen LogP contribution in [0.1, 0.15) is 22.8 Å². The highest BCUT2D eigenvalue weighted by molar-refractivity contribution is 6.36. The fourth-order valence-corrected chi connectivity index (χ4v) is 4.21. The number of rotatable bonds is 7. The molecule has 0 spiro atoms. The third-order valence-corrected chi connectivity index (χ3v) is 5.50. The third kappa shape index (κ3) is 2.88. The number of amides is 3. The summed E-state index contributed by atoms with van der Waals surface area (Å²) in [5.41, 5.74) is -1.07. The van der Waals surface area contributed by atoms with Gasteiger partial charge in [0.15, 0.2) is 0 Å². The van der Waals surface area contributed by atoms with E-state index in [-0.39, 0.29) is 30.3 Å². The molecule has 0 N–H and O–H groups in total. The zero-order chi connectivity index (χ0) is 22.2. The molecule has 7 nitrogen and oxygen atoms in total. The first-order valence-corrected chi connectivity index (χ1v) is 10.3. The highest BCUT2D eigenvalue weighted by atomic mass is 35.5. The van der Waals surface area contributed by atoms with Crippen molar-refractivity contribution >= 4 is 40.9 Å². The second kappa shape index (κ2) is 8.00. The number of urea groups is 1. The Bertz CT molecular complexity index is 1100. The van der Waals surface area contributed by atoms with Gasteiger partial charge >= 0.3 is 12.0 Å². The highest BCUT2D eigenvalue weighted by Gasteiger charge is 2.74. The van der Waals surface area contributed by atoms with Crippen LogP contribution >= 0.6 is 11.6 Å². The maximum Gasteiger partial charge on any atom is 0.347 e. The fourth-order valence-electron chi connectivity index (χ4n) is 4.04. The lowest BCUT2D eigenvalue weighted by Gasteiger charge is -2.45. The average Bonchev–Trinajstić information content (AvgIpc) is 2.94. The van der Waals surface area contributed by atoms with Crippen LogP contribution in [-0.2, 0) is 14.3 Å². The molecule has 2 aromatic carbocycles. The van der Waals surface area contributed by atoms with E-state index in [4.69, 9.17) is 16.3 Å². The maximum atomic E-state index is 13.5. The Hall–Kier alpha value is -3.45. The first kappa shape index (κ1) is 20.8. The minimum Gasteiger partial charge on any atom is -0.464 e. The SMILES string of the molecule is CCOC(=O)C12C(=O)N(CCCl)C(=O)N1C(C(=O)c1ccccc1)=C2c1ccccc1. The Morgan fingerprint density at radius 3 is 2.19 bits per heavy atom. The van der Waals surface area contributed by atoms with Gasteiger partial charge in [-0.3, -0.25) is 19.4 Å². The summed E-state index contributed by atoms with van der Waals surface area (Å²) >= 11 is 5.80. The lowest BCUT2D eigenvalue weighted by Crippen LogP contribution is -2.65. The molecular weight excluding hydrogens is 420 g/mol. The van der Waals surface area contributed by atoms with Crippen LogP contribution in [0.15, 0.2) is 66.4 Å². The predicted molar refractivity (Wildman–Crippen MR) is 113 cm³/mol. The van der Waals surface area contributed by atoms with Crippen molar-refractivity contribution in [3.8, 4) is 0 Å². The number of ether oxygens (including phenoxy) is 1. The summed E-state index contributed by atoms with van der Waals surface area (Å²) in [4.78, 5) is 55.1. The number of esters is 1. The molecule has 0 aromatic heterocycles. The Labute approximate surface area is 183 Å². The van der Waals surface area contributed by atoms with Crippen LogP contribution in [-0.4, -0.2) is 58.1 Å². The molecular formula is C23H19ClN2O5. The number of carbonyl (C=O) groups is 4. The summed E-state index contributed by atoms with van der Waals surface area (Å²) in [7, 11) is 0. The number of ketones is 1. The van der Waals surface area contributed by atoms with Gasteiger partial charge in [-0.25, -0.2) is 9.59 Å². The monoisotopic (exact) mass is 438 g/mol. The molecule has 0 saturated carbocycles. The molecule has 2 aromatic rings. The Kier molecular flexibility index (Phi) is 5.37. The van der Waals surface area contributed by atoms with Crippen molar-refractivity contribution in [1.82, 2.24) is 9.80 Å². The summed E-state index contributed by atoms with van der Waals surface area (Å²) in [5.74, 6) is -2.13. The minimum atomic E-state index is -2.04. The number of fused-ring (bicyclic) bond motifs is 1. The van der Waals surface area contributed by atoms with E-state index >= 15 is 0 Å². The molecule has 0 aliphatic carbocycles. The molecule has 4 rings (SSSR count). The van der Waals surface area contributed by atoms with Gasteiger partial charge in [0.25, 0.3) is 11.4 Å². The molecule has 2 aliphatic heterocycles. The molecule has 1 saturated heterocycles. The number of allylic oxidation sites excluding steroid dienone is 1. The molecule has 0 bridgehead atoms. The van der Waals surface area contributed by atoms with E-state index in [0.717, 1.165) is 9.80 Å². The van der Waals surface area contributed by atoms with E-state index < -0.39 is 29.2 Å². The van der Waals surface area contributed by atoms with Gasteiger partial charge in [-0.05, 0) is 12.5 Å². The third-order valence-electron chi connectivity index (χ3n) is 5.33. The number of halogens is 1. The van der Waals surface area contributed by atoms with Crippen molar-refractivity contribution in [3.05, 3.63) is 77.5 Å². The van der Waals surface area contributed by atoms with E-state index in [1.54, 1.807) is 67.6 Å². The Balaban J connectivity index is 1.99. The first-order chi connectivity index (χ1) is 15.0. The zero-order valence-corrected chi connectivity index (χ0v) is 17.5. The van der Waals surface area contributed by atoms with Crippen molar-refractivity contribution in [1.29, 1.82) is 0 Å². The summed E-state index contributed by atoms with van der Waals surface area (Å²) < 4.78 is 5.22. The minimum absolute atomic E-state index is 0.00708. The molecule has 2 aliphatic rings. The van der Waals surface area contributed by atoms with E-state index in [2.05, 4.69) is 0 Å². The normalized spacial score (nSPS) is 19.9. The van der Waals surface area contributed by atoms with Gasteiger partial charge in [0, 0.05) is 23.6 Å². The Morgan fingerprint density at radius 1 is 1.00 bits per heavy atom. The van der Waals surface area contributed by atoms with Crippen LogP contribution in [0.5, 0.6) is 0 Å². The highest BCUT2D eigenvalue weighted by Crippen LogP contribution is 2.53. The number of hydrogen-bond acceptors (Lipinski definition) is 5. The van der Waals surface area contributed by atoms with Gasteiger partial charge in [0.2, 0.25) is 5.78 Å². The number of hydrogen-bond donors (Lipinski definition) is 0. The molecule has 1 atom stereocenters. The maximum absolute atomic E-state index is 13.5. The van der Waals surface area contributed by atoms with Crippen LogP contribution in [0.3, 0.4) is 0 Å². The lowest BCUT2D eigenvalue weighted by molar-refractivity contribution is -0.156. The van der Waals surface area contributed by atoms with Crippen LogP contribution in [0.2, 0.25) is 0 Å². The van der Waals surface area contributed by atoms with Gasteiger partial charge in [-0.15, -0.1) is 11.6 Å². The van der Waals surface area contributed by atoms with E-state index in [9.17, 15) is 19.2 Å². The average molecular weight is 439 g/mol. The van der Waals surface area contributed by atoms with Crippen molar-refractivity contribution in [2.45, 2.75) is 12.5 Å². The summed E-state index contributed by atoms with van der Waals surface area (Å²) in [6.45, 7) is 1.53. The van der Waals surface area contributed by atoms with Gasteiger partial charge in [0.1, 0.15) is 5.70 Å². The molecule has 2 heterocycles. The fraction of sp³-hybridized carbons (Fsp3) is 0.217. The summed E-state index contributed by atoms with van der Waals surface area (Å²) in [6, 6.07) is 16.2. The largest absolute Gasteiger partial charge is 0.464 e. The van der Waals surface area contributed by atoms with E-state index in [1.165, 1.54) is 0 Å². The molecule has 158 valence electrons. The van der Waals surface area contributed by atoms with E-state index in [1.807, 2.05) is 0 Å². The first-order valence-electron chi connectivity index (χ1n) is 9.79. The Morgan fingerprint density at radius 2 is 1.61 bits per heavy atom. The second-order valence-electron chi connectivity index (χ2n) is 6.98. The molecule has 1 fully saturated rings. The van der Waals surface area contributed by atoms with Crippen molar-refractivity contribution in [2.75, 3.05) is 19.0 Å². The topological polar surface area (TPSA) is 84.0 Å². The van der Waals surface area contributed by atoms with Crippen LogP contribution in [0.25, 0.3) is 5.57 Å². The van der Waals surface area contributed by atoms with E-state index in [0.29, 0.717) is 11.1 Å². The number of carbonyl (C=O) groups excluding carboxylic acids is 4. The second-order valence-corrected chi connectivity index (χ2v) is 7.36. The number of nitrogens with zero attached hydrogens (tertiary/aromatic N) is 2. The van der Waals surface area contributed by atoms with Gasteiger partial charge in [-0.1, -0.05) is 60.7 Å². The molecule has 8 heteroatoms. The molecule has 1 unspecified atom stereocenters. The lowest BCUT2D eigenvalue weighted by atomic mass is 9.73. The summed E-state index contributed by atoms with van der Waals surface area (Å²) in [5, 5.41) is 0.